The van der Waals surface area contributed by atoms with E-state index in [1.54, 1.807) is 18.2 Å². The number of nitrogens with zero attached hydrogens (tertiary/aromatic N) is 2. The first-order chi connectivity index (χ1) is 17.5. The van der Waals surface area contributed by atoms with Gasteiger partial charge in [0.05, 0.1) is 12.7 Å². The highest BCUT2D eigenvalue weighted by Gasteiger charge is 2.28. The maximum absolute atomic E-state index is 14.2. The number of aromatic nitrogens is 1. The second-order valence-electron chi connectivity index (χ2n) is 8.42. The van der Waals surface area contributed by atoms with Crippen LogP contribution in [-0.4, -0.2) is 48.3 Å². The first-order valence-electron chi connectivity index (χ1n) is 11.5. The molecule has 36 heavy (non-hydrogen) atoms. The van der Waals surface area contributed by atoms with Crippen LogP contribution in [0.5, 0.6) is 17.2 Å². The number of hydrogen-bond donors (Lipinski definition) is 1. The van der Waals surface area contributed by atoms with E-state index < -0.39 is 17.6 Å². The number of nitrogens with one attached hydrogen (secondary N) is 1. The van der Waals surface area contributed by atoms with Gasteiger partial charge in [0, 0.05) is 44.4 Å². The van der Waals surface area contributed by atoms with E-state index in [1.807, 2.05) is 6.07 Å². The highest BCUT2D eigenvalue weighted by molar-refractivity contribution is 5.98. The zero-order valence-electron chi connectivity index (χ0n) is 19.6. The number of benzene rings is 2. The average Bonchev–Trinajstić information content (AvgIpc) is 3.24. The van der Waals surface area contributed by atoms with Crippen LogP contribution in [0.15, 0.2) is 53.3 Å². The van der Waals surface area contributed by atoms with Gasteiger partial charge >= 0.3 is 0 Å². The van der Waals surface area contributed by atoms with Crippen molar-refractivity contribution in [1.82, 2.24) is 14.8 Å². The summed E-state index contributed by atoms with van der Waals surface area (Å²) in [5.74, 6) is -0.0695. The van der Waals surface area contributed by atoms with Crippen LogP contribution in [0.2, 0.25) is 0 Å². The molecule has 3 aromatic rings. The lowest BCUT2D eigenvalue weighted by Crippen LogP contribution is -2.34. The number of carbonyl (C=O) groups is 2. The molecule has 0 saturated carbocycles. The summed E-state index contributed by atoms with van der Waals surface area (Å²) in [6.45, 7) is 0.951. The summed E-state index contributed by atoms with van der Waals surface area (Å²) in [6, 6.07) is 12.4. The quantitative estimate of drug-likeness (QED) is 0.586. The third-order valence-electron chi connectivity index (χ3n) is 6.32. The predicted molar refractivity (Wildman–Crippen MR) is 127 cm³/mol. The van der Waals surface area contributed by atoms with Crippen molar-refractivity contribution >= 4 is 11.8 Å². The number of ether oxygens (including phenoxy) is 3. The summed E-state index contributed by atoms with van der Waals surface area (Å²) >= 11 is 0. The molecule has 1 aromatic heterocycles. The van der Waals surface area contributed by atoms with E-state index >= 15 is 0 Å². The van der Waals surface area contributed by atoms with Crippen LogP contribution in [0.3, 0.4) is 0 Å². The zero-order valence-corrected chi connectivity index (χ0v) is 19.6. The summed E-state index contributed by atoms with van der Waals surface area (Å²) in [7, 11) is 1.39. The second-order valence-corrected chi connectivity index (χ2v) is 8.42. The van der Waals surface area contributed by atoms with Crippen molar-refractivity contribution in [2.24, 2.45) is 0 Å². The SMILES string of the molecule is COc1cc(=O)n2c(c1C(=O)NCc1ccc3c(c1)OCO3)CCN(C(=O)c1ccccc1F)CC2. The Balaban J connectivity index is 1.39. The second kappa shape index (κ2) is 9.73. The molecule has 0 atom stereocenters. The number of amides is 2. The van der Waals surface area contributed by atoms with Gasteiger partial charge in [0.25, 0.3) is 17.4 Å². The molecule has 0 fully saturated rings. The Labute approximate surface area is 206 Å². The fourth-order valence-electron chi connectivity index (χ4n) is 4.48. The van der Waals surface area contributed by atoms with E-state index in [1.165, 1.54) is 40.8 Å². The van der Waals surface area contributed by atoms with Gasteiger partial charge in [-0.15, -0.1) is 0 Å². The summed E-state index contributed by atoms with van der Waals surface area (Å²) < 4.78 is 31.8. The van der Waals surface area contributed by atoms with Crippen molar-refractivity contribution < 1.29 is 28.2 Å². The molecular formula is C26H24FN3O6. The molecule has 2 aliphatic heterocycles. The van der Waals surface area contributed by atoms with Gasteiger partial charge in [-0.25, -0.2) is 4.39 Å². The largest absolute Gasteiger partial charge is 0.496 e. The van der Waals surface area contributed by atoms with E-state index in [-0.39, 0.29) is 61.8 Å². The van der Waals surface area contributed by atoms with Crippen LogP contribution in [0.25, 0.3) is 0 Å². The molecule has 0 radical (unpaired) electrons. The Bertz CT molecular complexity index is 1400. The van der Waals surface area contributed by atoms with Gasteiger partial charge in [0.15, 0.2) is 11.5 Å². The molecule has 1 N–H and O–H groups in total. The Morgan fingerprint density at radius 3 is 2.67 bits per heavy atom. The topological polar surface area (TPSA) is 99.1 Å². The average molecular weight is 493 g/mol. The molecule has 2 amide bonds. The van der Waals surface area contributed by atoms with Gasteiger partial charge in [-0.3, -0.25) is 14.4 Å². The van der Waals surface area contributed by atoms with Crippen molar-refractivity contribution in [2.45, 2.75) is 19.5 Å². The molecule has 0 spiro atoms. The number of halogens is 1. The van der Waals surface area contributed by atoms with Crippen LogP contribution < -0.4 is 25.1 Å². The van der Waals surface area contributed by atoms with Gasteiger partial charge in [0.1, 0.15) is 17.1 Å². The molecule has 2 aliphatic rings. The fourth-order valence-corrected chi connectivity index (χ4v) is 4.48. The summed E-state index contributed by atoms with van der Waals surface area (Å²) in [5.41, 5.74) is 1.14. The van der Waals surface area contributed by atoms with Crippen molar-refractivity contribution in [3.05, 3.63) is 87.1 Å². The maximum atomic E-state index is 14.2. The van der Waals surface area contributed by atoms with E-state index in [0.717, 1.165) is 5.56 Å². The number of fused-ring (bicyclic) bond motifs is 2. The van der Waals surface area contributed by atoms with E-state index in [9.17, 15) is 18.8 Å². The molecule has 0 aliphatic carbocycles. The number of methoxy groups -OCH3 is 1. The molecular weight excluding hydrogens is 469 g/mol. The van der Waals surface area contributed by atoms with Crippen LogP contribution >= 0.6 is 0 Å². The lowest BCUT2D eigenvalue weighted by atomic mass is 10.1. The van der Waals surface area contributed by atoms with Crippen LogP contribution in [-0.2, 0) is 19.5 Å². The Kier molecular flexibility index (Phi) is 6.32. The summed E-state index contributed by atoms with van der Waals surface area (Å²) in [4.78, 5) is 40.6. The molecule has 0 bridgehead atoms. The molecule has 5 rings (SSSR count). The molecule has 9 nitrogen and oxygen atoms in total. The van der Waals surface area contributed by atoms with Gasteiger partial charge in [-0.2, -0.15) is 0 Å². The number of pyridine rings is 1. The molecule has 186 valence electrons. The van der Waals surface area contributed by atoms with Crippen LogP contribution in [0, 0.1) is 5.82 Å². The molecule has 10 heteroatoms. The highest BCUT2D eigenvalue weighted by atomic mass is 19.1. The third kappa shape index (κ3) is 4.37. The zero-order chi connectivity index (χ0) is 25.2. The van der Waals surface area contributed by atoms with E-state index in [4.69, 9.17) is 14.2 Å². The van der Waals surface area contributed by atoms with Crippen LogP contribution in [0.4, 0.5) is 4.39 Å². The fraction of sp³-hybridized carbons (Fsp3) is 0.269. The number of rotatable bonds is 5. The minimum Gasteiger partial charge on any atom is -0.496 e. The van der Waals surface area contributed by atoms with Crippen molar-refractivity contribution in [2.75, 3.05) is 27.0 Å². The predicted octanol–water partition coefficient (Wildman–Crippen LogP) is 2.35. The number of hydrogen-bond acceptors (Lipinski definition) is 6. The Hall–Kier alpha value is -4.34. The number of carbonyl (C=O) groups excluding carboxylic acids is 2. The minimum atomic E-state index is -0.605. The lowest BCUT2D eigenvalue weighted by Gasteiger charge is -2.20. The molecule has 3 heterocycles. The molecule has 2 aromatic carbocycles. The standard InChI is InChI=1S/C26H24FN3O6/c1-34-22-13-23(31)30-11-10-29(26(33)17-4-2-3-5-18(17)27)9-8-19(30)24(22)25(32)28-14-16-6-7-20-21(12-16)36-15-35-20/h2-7,12-13H,8-11,14-15H2,1H3,(H,28,32). The van der Waals surface area contributed by atoms with Gasteiger partial charge in [-0.1, -0.05) is 18.2 Å². The third-order valence-corrected chi connectivity index (χ3v) is 6.32. The van der Waals surface area contributed by atoms with Gasteiger partial charge in [-0.05, 0) is 29.8 Å². The highest BCUT2D eigenvalue weighted by Crippen LogP contribution is 2.32. The van der Waals surface area contributed by atoms with Crippen molar-refractivity contribution in [1.29, 1.82) is 0 Å². The molecule has 0 saturated heterocycles. The normalized spacial score (nSPS) is 14.1. The van der Waals surface area contributed by atoms with E-state index in [2.05, 4.69) is 5.32 Å². The first kappa shape index (κ1) is 23.4. The van der Waals surface area contributed by atoms with E-state index in [0.29, 0.717) is 17.2 Å². The van der Waals surface area contributed by atoms with Crippen molar-refractivity contribution in [3.63, 3.8) is 0 Å². The minimum absolute atomic E-state index is 0.0323. The van der Waals surface area contributed by atoms with Crippen LogP contribution in [0.1, 0.15) is 32.0 Å². The Morgan fingerprint density at radius 1 is 1.06 bits per heavy atom. The smallest absolute Gasteiger partial charge is 0.257 e. The van der Waals surface area contributed by atoms with Gasteiger partial charge in [0.2, 0.25) is 6.79 Å². The first-order valence-corrected chi connectivity index (χ1v) is 11.5. The molecule has 0 unspecified atom stereocenters. The summed E-state index contributed by atoms with van der Waals surface area (Å²) in [6.07, 6.45) is 0.222. The maximum Gasteiger partial charge on any atom is 0.257 e. The lowest BCUT2D eigenvalue weighted by molar-refractivity contribution is 0.0754. The van der Waals surface area contributed by atoms with Gasteiger partial charge < -0.3 is 29.0 Å². The summed E-state index contributed by atoms with van der Waals surface area (Å²) in [5, 5.41) is 2.88. The van der Waals surface area contributed by atoms with Crippen molar-refractivity contribution in [3.8, 4) is 17.2 Å². The monoisotopic (exact) mass is 493 g/mol. The Morgan fingerprint density at radius 2 is 1.86 bits per heavy atom.